The fourth-order valence-corrected chi connectivity index (χ4v) is 2.36. The van der Waals surface area contributed by atoms with Crippen LogP contribution in [0.1, 0.15) is 30.0 Å². The van der Waals surface area contributed by atoms with Crippen LogP contribution in [0.25, 0.3) is 0 Å². The standard InChI is InChI=1S/C20H24FNO2/c1-14-8-10-18(12-15(14)2)24-13-16(3)22-20(23)11-9-17-6-4-5-7-19(17)21/h4-8,10,12,16H,9,11,13H2,1-3H3,(H,22,23). The summed E-state index contributed by atoms with van der Waals surface area (Å²) >= 11 is 0. The minimum atomic E-state index is -0.267. The second kappa shape index (κ2) is 8.48. The minimum absolute atomic E-state index is 0.102. The predicted octanol–water partition coefficient (Wildman–Crippen LogP) is 3.96. The average Bonchev–Trinajstić information content (AvgIpc) is 2.55. The van der Waals surface area contributed by atoms with Gasteiger partial charge < -0.3 is 10.1 Å². The van der Waals surface area contributed by atoms with E-state index in [1.165, 1.54) is 17.2 Å². The van der Waals surface area contributed by atoms with E-state index in [1.807, 2.05) is 32.0 Å². The summed E-state index contributed by atoms with van der Waals surface area (Å²) in [5, 5.41) is 2.88. The van der Waals surface area contributed by atoms with Gasteiger partial charge in [0.1, 0.15) is 18.2 Å². The van der Waals surface area contributed by atoms with Gasteiger partial charge in [-0.1, -0.05) is 24.3 Å². The molecule has 1 N–H and O–H groups in total. The van der Waals surface area contributed by atoms with Crippen LogP contribution in [0, 0.1) is 19.7 Å². The third-order valence-electron chi connectivity index (χ3n) is 3.96. The highest BCUT2D eigenvalue weighted by atomic mass is 19.1. The van der Waals surface area contributed by atoms with E-state index in [4.69, 9.17) is 4.74 Å². The molecule has 24 heavy (non-hydrogen) atoms. The Balaban J connectivity index is 1.75. The van der Waals surface area contributed by atoms with Crippen LogP contribution in [0.2, 0.25) is 0 Å². The summed E-state index contributed by atoms with van der Waals surface area (Å²) in [4.78, 5) is 12.0. The van der Waals surface area contributed by atoms with E-state index in [9.17, 15) is 9.18 Å². The lowest BCUT2D eigenvalue weighted by atomic mass is 10.1. The van der Waals surface area contributed by atoms with E-state index < -0.39 is 0 Å². The number of benzene rings is 2. The third-order valence-corrected chi connectivity index (χ3v) is 3.96. The first-order chi connectivity index (χ1) is 11.5. The molecule has 0 saturated heterocycles. The number of rotatable bonds is 7. The molecule has 0 aliphatic carbocycles. The van der Waals surface area contributed by atoms with Gasteiger partial charge in [-0.15, -0.1) is 0 Å². The van der Waals surface area contributed by atoms with Crippen LogP contribution in [0.15, 0.2) is 42.5 Å². The molecule has 0 fully saturated rings. The lowest BCUT2D eigenvalue weighted by molar-refractivity contribution is -0.121. The van der Waals surface area contributed by atoms with Gasteiger partial charge >= 0.3 is 0 Å². The molecule has 0 bridgehead atoms. The Morgan fingerprint density at radius 3 is 2.62 bits per heavy atom. The topological polar surface area (TPSA) is 38.3 Å². The van der Waals surface area contributed by atoms with Gasteiger partial charge in [0, 0.05) is 6.42 Å². The number of hydrogen-bond acceptors (Lipinski definition) is 2. The van der Waals surface area contributed by atoms with Crippen LogP contribution in [0.3, 0.4) is 0 Å². The van der Waals surface area contributed by atoms with Crippen molar-refractivity contribution in [3.8, 4) is 5.75 Å². The van der Waals surface area contributed by atoms with E-state index in [1.54, 1.807) is 18.2 Å². The average molecular weight is 329 g/mol. The number of carbonyl (C=O) groups is 1. The van der Waals surface area contributed by atoms with Crippen molar-refractivity contribution in [3.63, 3.8) is 0 Å². The Morgan fingerprint density at radius 1 is 1.17 bits per heavy atom. The molecule has 4 heteroatoms. The van der Waals surface area contributed by atoms with E-state index in [2.05, 4.69) is 12.2 Å². The first kappa shape index (κ1) is 18.0. The van der Waals surface area contributed by atoms with Gasteiger partial charge in [-0.3, -0.25) is 4.79 Å². The van der Waals surface area contributed by atoms with Crippen LogP contribution in [0.4, 0.5) is 4.39 Å². The SMILES string of the molecule is Cc1ccc(OCC(C)NC(=O)CCc2ccccc2F)cc1C. The lowest BCUT2D eigenvalue weighted by Gasteiger charge is -2.16. The fraction of sp³-hybridized carbons (Fsp3) is 0.350. The molecule has 128 valence electrons. The molecule has 1 amide bonds. The number of hydrogen-bond donors (Lipinski definition) is 1. The number of nitrogens with one attached hydrogen (secondary N) is 1. The Hall–Kier alpha value is -2.36. The van der Waals surface area contributed by atoms with E-state index >= 15 is 0 Å². The smallest absolute Gasteiger partial charge is 0.220 e. The summed E-state index contributed by atoms with van der Waals surface area (Å²) in [6.07, 6.45) is 0.651. The molecule has 2 aromatic rings. The van der Waals surface area contributed by atoms with Gasteiger partial charge in [-0.05, 0) is 62.1 Å². The van der Waals surface area contributed by atoms with Crippen LogP contribution in [0.5, 0.6) is 5.75 Å². The zero-order chi connectivity index (χ0) is 17.5. The van der Waals surface area contributed by atoms with Crippen LogP contribution in [-0.2, 0) is 11.2 Å². The molecule has 3 nitrogen and oxygen atoms in total. The highest BCUT2D eigenvalue weighted by molar-refractivity contribution is 5.76. The van der Waals surface area contributed by atoms with Crippen LogP contribution >= 0.6 is 0 Å². The number of carbonyl (C=O) groups excluding carboxylic acids is 1. The van der Waals surface area contributed by atoms with Crippen LogP contribution in [-0.4, -0.2) is 18.6 Å². The highest BCUT2D eigenvalue weighted by Crippen LogP contribution is 2.16. The first-order valence-electron chi connectivity index (χ1n) is 8.18. The third kappa shape index (κ3) is 5.37. The zero-order valence-corrected chi connectivity index (χ0v) is 14.4. The molecule has 0 aromatic heterocycles. The quantitative estimate of drug-likeness (QED) is 0.835. The van der Waals surface area contributed by atoms with Crippen molar-refractivity contribution in [3.05, 3.63) is 65.0 Å². The second-order valence-electron chi connectivity index (χ2n) is 6.12. The lowest BCUT2D eigenvalue weighted by Crippen LogP contribution is -2.36. The Bertz CT molecular complexity index is 700. The Kier molecular flexibility index (Phi) is 6.36. The van der Waals surface area contributed by atoms with Crippen LogP contribution < -0.4 is 10.1 Å². The van der Waals surface area contributed by atoms with Crippen molar-refractivity contribution in [2.45, 2.75) is 39.7 Å². The fourth-order valence-electron chi connectivity index (χ4n) is 2.36. The van der Waals surface area contributed by atoms with Crippen molar-refractivity contribution < 1.29 is 13.9 Å². The molecule has 0 saturated carbocycles. The molecule has 1 atom stereocenters. The first-order valence-corrected chi connectivity index (χ1v) is 8.18. The predicted molar refractivity (Wildman–Crippen MR) is 93.7 cm³/mol. The molecule has 0 spiro atoms. The molecular weight excluding hydrogens is 305 g/mol. The number of aryl methyl sites for hydroxylation is 3. The molecule has 2 rings (SSSR count). The zero-order valence-electron chi connectivity index (χ0n) is 14.4. The number of ether oxygens (including phenoxy) is 1. The molecule has 0 aliphatic heterocycles. The maximum atomic E-state index is 13.5. The molecule has 0 aliphatic rings. The van der Waals surface area contributed by atoms with Gasteiger partial charge in [-0.25, -0.2) is 4.39 Å². The van der Waals surface area contributed by atoms with Gasteiger partial charge in [0.2, 0.25) is 5.91 Å². The minimum Gasteiger partial charge on any atom is -0.491 e. The molecule has 0 radical (unpaired) electrons. The number of halogens is 1. The maximum absolute atomic E-state index is 13.5. The highest BCUT2D eigenvalue weighted by Gasteiger charge is 2.10. The number of amides is 1. The second-order valence-corrected chi connectivity index (χ2v) is 6.12. The van der Waals surface area contributed by atoms with E-state index in [-0.39, 0.29) is 24.2 Å². The summed E-state index contributed by atoms with van der Waals surface area (Å²) < 4.78 is 19.2. The van der Waals surface area contributed by atoms with E-state index in [0.717, 1.165) is 5.75 Å². The van der Waals surface area contributed by atoms with Crippen molar-refractivity contribution >= 4 is 5.91 Å². The Morgan fingerprint density at radius 2 is 1.92 bits per heavy atom. The summed E-state index contributed by atoms with van der Waals surface area (Å²) in [6, 6.07) is 12.3. The van der Waals surface area contributed by atoms with Crippen molar-refractivity contribution in [1.29, 1.82) is 0 Å². The van der Waals surface area contributed by atoms with Crippen molar-refractivity contribution in [2.24, 2.45) is 0 Å². The maximum Gasteiger partial charge on any atom is 0.220 e. The summed E-state index contributed by atoms with van der Waals surface area (Å²) in [6.45, 7) is 6.38. The molecular formula is C20H24FNO2. The van der Waals surface area contributed by atoms with E-state index in [0.29, 0.717) is 18.6 Å². The van der Waals surface area contributed by atoms with Gasteiger partial charge in [0.05, 0.1) is 6.04 Å². The Labute approximate surface area is 142 Å². The molecule has 0 heterocycles. The van der Waals surface area contributed by atoms with Gasteiger partial charge in [0.25, 0.3) is 0 Å². The molecule has 1 unspecified atom stereocenters. The van der Waals surface area contributed by atoms with Gasteiger partial charge in [0.15, 0.2) is 0 Å². The normalized spacial score (nSPS) is 11.8. The van der Waals surface area contributed by atoms with Crippen molar-refractivity contribution in [2.75, 3.05) is 6.61 Å². The van der Waals surface area contributed by atoms with Crippen molar-refractivity contribution in [1.82, 2.24) is 5.32 Å². The van der Waals surface area contributed by atoms with Gasteiger partial charge in [-0.2, -0.15) is 0 Å². The summed E-state index contributed by atoms with van der Waals surface area (Å²) in [5.74, 6) is 0.427. The monoisotopic (exact) mass is 329 g/mol. The summed E-state index contributed by atoms with van der Waals surface area (Å²) in [7, 11) is 0. The molecule has 2 aromatic carbocycles. The summed E-state index contributed by atoms with van der Waals surface area (Å²) in [5.41, 5.74) is 2.96. The largest absolute Gasteiger partial charge is 0.491 e.